The first-order valence-corrected chi connectivity index (χ1v) is 6.14. The van der Waals surface area contributed by atoms with Crippen molar-refractivity contribution in [1.82, 2.24) is 0 Å². The van der Waals surface area contributed by atoms with Crippen LogP contribution in [0.2, 0.25) is 0 Å². The number of ether oxygens (including phenoxy) is 1. The smallest absolute Gasteiger partial charge is 0.338 e. The first-order valence-electron chi connectivity index (χ1n) is 5.01. The van der Waals surface area contributed by atoms with E-state index in [1.165, 1.54) is 7.11 Å². The molecule has 0 aliphatic heterocycles. The van der Waals surface area contributed by atoms with Gasteiger partial charge < -0.3 is 4.74 Å². The molecule has 0 unspecified atom stereocenters. The predicted molar refractivity (Wildman–Crippen MR) is 64.5 cm³/mol. The van der Waals surface area contributed by atoms with Crippen LogP contribution < -0.4 is 0 Å². The molecular weight excluding hydrogens is 256 g/mol. The molecule has 1 aromatic carbocycles. The molecule has 0 radical (unpaired) electrons. The third kappa shape index (κ3) is 3.67. The fourth-order valence-electron chi connectivity index (χ4n) is 1.46. The average molecular weight is 271 g/mol. The Kier molecular flexibility index (Phi) is 5.40. The van der Waals surface area contributed by atoms with Gasteiger partial charge in [0, 0.05) is 5.33 Å². The quantitative estimate of drug-likeness (QED) is 0.467. The number of unbranched alkanes of at least 4 members (excludes halogenated alkanes) is 1. The van der Waals surface area contributed by atoms with Crippen LogP contribution in [0.25, 0.3) is 0 Å². The van der Waals surface area contributed by atoms with Gasteiger partial charge in [-0.25, -0.2) is 4.79 Å². The number of hydrogen-bond acceptors (Lipinski definition) is 2. The molecule has 0 heterocycles. The molecule has 1 aromatic rings. The maximum absolute atomic E-state index is 11.4. The lowest BCUT2D eigenvalue weighted by Gasteiger charge is -2.06. The minimum atomic E-state index is -0.246. The van der Waals surface area contributed by atoms with Gasteiger partial charge in [0.1, 0.15) is 0 Å². The van der Waals surface area contributed by atoms with E-state index in [1.54, 1.807) is 0 Å². The van der Waals surface area contributed by atoms with E-state index in [0.717, 1.165) is 30.2 Å². The Morgan fingerprint density at radius 3 is 2.73 bits per heavy atom. The highest BCUT2D eigenvalue weighted by Gasteiger charge is 2.09. The molecule has 0 aromatic heterocycles. The van der Waals surface area contributed by atoms with Crippen LogP contribution in [0.1, 0.15) is 28.8 Å². The van der Waals surface area contributed by atoms with Crippen LogP contribution in [-0.4, -0.2) is 18.4 Å². The van der Waals surface area contributed by atoms with Crippen molar-refractivity contribution in [1.29, 1.82) is 0 Å². The number of alkyl halides is 1. The molecule has 3 heteroatoms. The monoisotopic (exact) mass is 270 g/mol. The van der Waals surface area contributed by atoms with Crippen LogP contribution in [0.15, 0.2) is 24.3 Å². The Labute approximate surface area is 98.8 Å². The molecule has 0 saturated carbocycles. The van der Waals surface area contributed by atoms with E-state index in [4.69, 9.17) is 4.74 Å². The van der Waals surface area contributed by atoms with Gasteiger partial charge in [0.05, 0.1) is 12.7 Å². The van der Waals surface area contributed by atoms with Gasteiger partial charge in [0.25, 0.3) is 0 Å². The fraction of sp³-hybridized carbons (Fsp3) is 0.417. The number of aryl methyl sites for hydroxylation is 1. The molecule has 15 heavy (non-hydrogen) atoms. The zero-order chi connectivity index (χ0) is 11.1. The summed E-state index contributed by atoms with van der Waals surface area (Å²) in [6, 6.07) is 7.62. The second kappa shape index (κ2) is 6.62. The summed E-state index contributed by atoms with van der Waals surface area (Å²) in [5.41, 5.74) is 1.76. The van der Waals surface area contributed by atoms with Crippen molar-refractivity contribution in [3.05, 3.63) is 35.4 Å². The number of carbonyl (C=O) groups excluding carboxylic acids is 1. The predicted octanol–water partition coefficient (Wildman–Crippen LogP) is 3.19. The van der Waals surface area contributed by atoms with E-state index in [-0.39, 0.29) is 5.97 Å². The Morgan fingerprint density at radius 1 is 1.33 bits per heavy atom. The van der Waals surface area contributed by atoms with E-state index < -0.39 is 0 Å². The fourth-order valence-corrected chi connectivity index (χ4v) is 1.85. The minimum absolute atomic E-state index is 0.246. The highest BCUT2D eigenvalue weighted by atomic mass is 79.9. The van der Waals surface area contributed by atoms with Crippen molar-refractivity contribution in [2.75, 3.05) is 12.4 Å². The number of hydrogen-bond donors (Lipinski definition) is 0. The molecule has 0 saturated heterocycles. The normalized spacial score (nSPS) is 10.0. The van der Waals surface area contributed by atoms with Crippen LogP contribution >= 0.6 is 15.9 Å². The molecular formula is C12H15BrO2. The van der Waals surface area contributed by atoms with Crippen molar-refractivity contribution in [3.63, 3.8) is 0 Å². The van der Waals surface area contributed by atoms with Crippen LogP contribution in [0.3, 0.4) is 0 Å². The van der Waals surface area contributed by atoms with Crippen molar-refractivity contribution in [2.45, 2.75) is 19.3 Å². The summed E-state index contributed by atoms with van der Waals surface area (Å²) < 4.78 is 4.74. The van der Waals surface area contributed by atoms with Gasteiger partial charge in [-0.3, -0.25) is 0 Å². The molecule has 0 spiro atoms. The molecule has 0 bridgehead atoms. The van der Waals surface area contributed by atoms with Crippen molar-refractivity contribution < 1.29 is 9.53 Å². The maximum atomic E-state index is 11.4. The number of carbonyl (C=O) groups is 1. The van der Waals surface area contributed by atoms with E-state index in [2.05, 4.69) is 15.9 Å². The van der Waals surface area contributed by atoms with Gasteiger partial charge in [-0.2, -0.15) is 0 Å². The Morgan fingerprint density at radius 2 is 2.07 bits per heavy atom. The summed E-state index contributed by atoms with van der Waals surface area (Å²) in [6.45, 7) is 0. The number of benzene rings is 1. The van der Waals surface area contributed by atoms with E-state index >= 15 is 0 Å². The van der Waals surface area contributed by atoms with Crippen LogP contribution in [0.4, 0.5) is 0 Å². The van der Waals surface area contributed by atoms with Gasteiger partial charge in [-0.1, -0.05) is 34.1 Å². The second-order valence-electron chi connectivity index (χ2n) is 3.29. The molecule has 0 atom stereocenters. The van der Waals surface area contributed by atoms with Crippen molar-refractivity contribution in [3.8, 4) is 0 Å². The first kappa shape index (κ1) is 12.2. The van der Waals surface area contributed by atoms with Crippen molar-refractivity contribution in [2.24, 2.45) is 0 Å². The molecule has 0 aliphatic rings. The number of halogens is 1. The van der Waals surface area contributed by atoms with Gasteiger partial charge >= 0.3 is 5.97 Å². The number of esters is 1. The summed E-state index contributed by atoms with van der Waals surface area (Å²) in [7, 11) is 1.41. The van der Waals surface area contributed by atoms with Crippen LogP contribution in [0, 0.1) is 0 Å². The lowest BCUT2D eigenvalue weighted by Crippen LogP contribution is -2.05. The minimum Gasteiger partial charge on any atom is -0.465 e. The topological polar surface area (TPSA) is 26.3 Å². The van der Waals surface area contributed by atoms with E-state index in [0.29, 0.717) is 5.56 Å². The molecule has 1 rings (SSSR count). The third-order valence-electron chi connectivity index (χ3n) is 2.25. The molecule has 0 amide bonds. The molecule has 0 N–H and O–H groups in total. The summed E-state index contributed by atoms with van der Waals surface area (Å²) >= 11 is 3.39. The van der Waals surface area contributed by atoms with Gasteiger partial charge in [0.15, 0.2) is 0 Å². The molecule has 82 valence electrons. The molecule has 2 nitrogen and oxygen atoms in total. The van der Waals surface area contributed by atoms with Crippen molar-refractivity contribution >= 4 is 21.9 Å². The highest BCUT2D eigenvalue weighted by Crippen LogP contribution is 2.13. The Balaban J connectivity index is 2.73. The summed E-state index contributed by atoms with van der Waals surface area (Å²) in [6.07, 6.45) is 3.13. The summed E-state index contributed by atoms with van der Waals surface area (Å²) in [5, 5.41) is 1.01. The summed E-state index contributed by atoms with van der Waals surface area (Å²) in [5.74, 6) is -0.246. The Hall–Kier alpha value is -0.830. The van der Waals surface area contributed by atoms with Gasteiger partial charge in [-0.05, 0) is 30.9 Å². The zero-order valence-corrected chi connectivity index (χ0v) is 10.4. The van der Waals surface area contributed by atoms with Gasteiger partial charge in [0.2, 0.25) is 0 Å². The molecule has 0 fully saturated rings. The van der Waals surface area contributed by atoms with Crippen LogP contribution in [0.5, 0.6) is 0 Å². The SMILES string of the molecule is COC(=O)c1ccccc1CCCCBr. The molecule has 0 aliphatic carbocycles. The zero-order valence-electron chi connectivity index (χ0n) is 8.83. The number of rotatable bonds is 5. The van der Waals surface area contributed by atoms with Crippen LogP contribution in [-0.2, 0) is 11.2 Å². The lowest BCUT2D eigenvalue weighted by atomic mass is 10.0. The number of methoxy groups -OCH3 is 1. The maximum Gasteiger partial charge on any atom is 0.338 e. The lowest BCUT2D eigenvalue weighted by molar-refractivity contribution is 0.0599. The second-order valence-corrected chi connectivity index (χ2v) is 4.09. The Bertz CT molecular complexity index is 323. The average Bonchev–Trinajstić information content (AvgIpc) is 2.29. The summed E-state index contributed by atoms with van der Waals surface area (Å²) in [4.78, 5) is 11.4. The third-order valence-corrected chi connectivity index (χ3v) is 2.81. The largest absolute Gasteiger partial charge is 0.465 e. The van der Waals surface area contributed by atoms with Gasteiger partial charge in [-0.15, -0.1) is 0 Å². The van der Waals surface area contributed by atoms with E-state index in [1.807, 2.05) is 24.3 Å². The highest BCUT2D eigenvalue weighted by molar-refractivity contribution is 9.09. The van der Waals surface area contributed by atoms with E-state index in [9.17, 15) is 4.79 Å². The standard InChI is InChI=1S/C12H15BrO2/c1-15-12(14)11-8-3-2-6-10(11)7-4-5-9-13/h2-3,6,8H,4-5,7,9H2,1H3. The first-order chi connectivity index (χ1) is 7.29.